The topological polar surface area (TPSA) is 112 Å². The lowest BCUT2D eigenvalue weighted by atomic mass is 10.1. The average Bonchev–Trinajstić information content (AvgIpc) is 3.27. The first-order valence-electron chi connectivity index (χ1n) is 9.64. The van der Waals surface area contributed by atoms with Crippen molar-refractivity contribution in [2.75, 3.05) is 0 Å². The van der Waals surface area contributed by atoms with Crippen LogP contribution >= 0.6 is 24.8 Å². The summed E-state index contributed by atoms with van der Waals surface area (Å²) in [5, 5.41) is 20.8. The Morgan fingerprint density at radius 3 is 1.81 bits per heavy atom. The van der Waals surface area contributed by atoms with Gasteiger partial charge in [0.05, 0.1) is 0 Å². The molecule has 0 aliphatic heterocycles. The van der Waals surface area contributed by atoms with Crippen LogP contribution in [0.2, 0.25) is 0 Å². The van der Waals surface area contributed by atoms with Crippen LogP contribution in [0.15, 0.2) is 57.4 Å². The Kier molecular flexibility index (Phi) is 7.76. The van der Waals surface area contributed by atoms with Crippen LogP contribution < -0.4 is 11.1 Å². The number of benzene rings is 2. The molecular formula is C23H26Cl2N4O2. The second kappa shape index (κ2) is 9.90. The molecular weight excluding hydrogens is 435 g/mol. The first-order chi connectivity index (χ1) is 13.9. The van der Waals surface area contributed by atoms with E-state index in [0.717, 1.165) is 39.0 Å². The summed E-state index contributed by atoms with van der Waals surface area (Å²) < 4.78 is 11.9. The van der Waals surface area contributed by atoms with E-state index in [4.69, 9.17) is 25.4 Å². The summed E-state index contributed by atoms with van der Waals surface area (Å²) in [6.07, 6.45) is 1.42. The zero-order chi connectivity index (χ0) is 20.5. The van der Waals surface area contributed by atoms with Crippen molar-refractivity contribution in [1.82, 2.24) is 5.32 Å². The molecule has 0 unspecified atom stereocenters. The maximum absolute atomic E-state index is 8.14. The number of hydrogen-bond acceptors (Lipinski definition) is 4. The number of nitrogens with two attached hydrogens (primary N) is 1. The molecule has 4 rings (SSSR count). The number of aryl methyl sites for hydroxylation is 2. The Morgan fingerprint density at radius 1 is 0.839 bits per heavy atom. The zero-order valence-corrected chi connectivity index (χ0v) is 19.0. The van der Waals surface area contributed by atoms with Crippen molar-refractivity contribution in [2.24, 2.45) is 5.73 Å². The van der Waals surface area contributed by atoms with Crippen molar-refractivity contribution in [1.29, 1.82) is 10.8 Å². The van der Waals surface area contributed by atoms with E-state index in [2.05, 4.69) is 5.32 Å². The number of rotatable bonds is 6. The van der Waals surface area contributed by atoms with Crippen LogP contribution in [0.5, 0.6) is 0 Å². The van der Waals surface area contributed by atoms with Gasteiger partial charge in [-0.15, -0.1) is 24.8 Å². The Bertz CT molecular complexity index is 1230. The van der Waals surface area contributed by atoms with Gasteiger partial charge in [-0.05, 0) is 38.1 Å². The molecule has 0 saturated heterocycles. The van der Waals surface area contributed by atoms with Crippen LogP contribution in [0.4, 0.5) is 0 Å². The minimum Gasteiger partial charge on any atom is -0.461 e. The van der Waals surface area contributed by atoms with E-state index in [1.165, 1.54) is 0 Å². The predicted molar refractivity (Wildman–Crippen MR) is 130 cm³/mol. The summed E-state index contributed by atoms with van der Waals surface area (Å²) in [7, 11) is 0. The Labute approximate surface area is 193 Å². The molecule has 2 aromatic carbocycles. The number of hydrogen-bond donors (Lipinski definition) is 4. The summed E-state index contributed by atoms with van der Waals surface area (Å²) in [5.74, 6) is 2.17. The predicted octanol–water partition coefficient (Wildman–Crippen LogP) is 5.42. The van der Waals surface area contributed by atoms with E-state index in [9.17, 15) is 0 Å². The smallest absolute Gasteiger partial charge is 0.135 e. The van der Waals surface area contributed by atoms with Gasteiger partial charge in [-0.25, -0.2) is 0 Å². The third kappa shape index (κ3) is 5.40. The minimum atomic E-state index is 0. The fourth-order valence-corrected chi connectivity index (χ4v) is 3.36. The largest absolute Gasteiger partial charge is 0.461 e. The van der Waals surface area contributed by atoms with E-state index in [-0.39, 0.29) is 36.7 Å². The highest BCUT2D eigenvalue weighted by atomic mass is 35.5. The number of nitrogen functional groups attached to an aromatic ring is 1. The number of fused-ring (bicyclic) bond motifs is 2. The molecule has 0 radical (unpaired) electrons. The minimum absolute atomic E-state index is 0. The van der Waals surface area contributed by atoms with Crippen molar-refractivity contribution in [3.8, 4) is 0 Å². The Balaban J connectivity index is 0.00000171. The highest BCUT2D eigenvalue weighted by molar-refractivity contribution is 5.99. The molecule has 4 aromatic rings. The van der Waals surface area contributed by atoms with Crippen LogP contribution in [0.3, 0.4) is 0 Å². The molecule has 8 heteroatoms. The number of amidine groups is 2. The molecule has 0 spiro atoms. The molecule has 164 valence electrons. The number of halogens is 2. The van der Waals surface area contributed by atoms with Gasteiger partial charge in [0.15, 0.2) is 0 Å². The van der Waals surface area contributed by atoms with Gasteiger partial charge in [0.2, 0.25) is 0 Å². The third-order valence-electron chi connectivity index (χ3n) is 4.79. The summed E-state index contributed by atoms with van der Waals surface area (Å²) >= 11 is 0. The normalized spacial score (nSPS) is 10.7. The molecule has 6 nitrogen and oxygen atoms in total. The first-order valence-corrected chi connectivity index (χ1v) is 9.64. The lowest BCUT2D eigenvalue weighted by Crippen LogP contribution is -2.30. The van der Waals surface area contributed by atoms with Gasteiger partial charge in [-0.2, -0.15) is 0 Å². The van der Waals surface area contributed by atoms with E-state index in [1.807, 2.05) is 56.3 Å². The van der Waals surface area contributed by atoms with Crippen LogP contribution in [0.1, 0.15) is 36.5 Å². The maximum Gasteiger partial charge on any atom is 0.135 e. The Morgan fingerprint density at radius 2 is 1.32 bits per heavy atom. The van der Waals surface area contributed by atoms with Crippen molar-refractivity contribution < 1.29 is 8.83 Å². The van der Waals surface area contributed by atoms with E-state index < -0.39 is 0 Å². The van der Waals surface area contributed by atoms with Crippen LogP contribution in [0.25, 0.3) is 21.9 Å². The monoisotopic (exact) mass is 460 g/mol. The average molecular weight is 461 g/mol. The lowest BCUT2D eigenvalue weighted by Gasteiger charge is -2.10. The van der Waals surface area contributed by atoms with Gasteiger partial charge in [0.1, 0.15) is 34.4 Å². The van der Waals surface area contributed by atoms with E-state index >= 15 is 0 Å². The lowest BCUT2D eigenvalue weighted by molar-refractivity contribution is 0.510. The van der Waals surface area contributed by atoms with Crippen molar-refractivity contribution in [3.05, 3.63) is 71.2 Å². The van der Waals surface area contributed by atoms with Crippen molar-refractivity contribution in [2.45, 2.75) is 32.7 Å². The molecule has 5 N–H and O–H groups in total. The SMILES string of the molecule is CC(C)NC(=N)c1ccc2cc(CCc3cc4ccc(C(=N)N)cc4o3)oc2c1.Cl.Cl. The van der Waals surface area contributed by atoms with Gasteiger partial charge in [-0.3, -0.25) is 10.8 Å². The third-order valence-corrected chi connectivity index (χ3v) is 4.79. The van der Waals surface area contributed by atoms with Crippen LogP contribution in [-0.4, -0.2) is 17.7 Å². The molecule has 0 saturated carbocycles. The summed E-state index contributed by atoms with van der Waals surface area (Å²) in [5.41, 5.74) is 8.53. The Hall–Kier alpha value is -2.96. The van der Waals surface area contributed by atoms with E-state index in [0.29, 0.717) is 24.2 Å². The molecule has 31 heavy (non-hydrogen) atoms. The second-order valence-corrected chi connectivity index (χ2v) is 7.52. The van der Waals surface area contributed by atoms with Crippen LogP contribution in [-0.2, 0) is 12.8 Å². The van der Waals surface area contributed by atoms with Gasteiger partial charge < -0.3 is 19.9 Å². The quantitative estimate of drug-likeness (QED) is 0.227. The van der Waals surface area contributed by atoms with Gasteiger partial charge in [-0.1, -0.05) is 24.3 Å². The molecule has 0 aliphatic carbocycles. The molecule has 2 aromatic heterocycles. The fourth-order valence-electron chi connectivity index (χ4n) is 3.36. The molecule has 0 aliphatic rings. The summed E-state index contributed by atoms with van der Waals surface area (Å²) in [6.45, 7) is 4.02. The van der Waals surface area contributed by atoms with E-state index in [1.54, 1.807) is 6.07 Å². The van der Waals surface area contributed by atoms with Gasteiger partial charge in [0, 0.05) is 40.8 Å². The highest BCUT2D eigenvalue weighted by Gasteiger charge is 2.11. The molecule has 0 fully saturated rings. The van der Waals surface area contributed by atoms with Crippen molar-refractivity contribution >= 4 is 58.4 Å². The number of furan rings is 2. The molecule has 0 amide bonds. The fraction of sp³-hybridized carbons (Fsp3) is 0.217. The molecule has 0 atom stereocenters. The van der Waals surface area contributed by atoms with Gasteiger partial charge in [0.25, 0.3) is 0 Å². The highest BCUT2D eigenvalue weighted by Crippen LogP contribution is 2.25. The molecule has 0 bridgehead atoms. The second-order valence-electron chi connectivity index (χ2n) is 7.52. The number of nitrogens with one attached hydrogen (secondary N) is 3. The van der Waals surface area contributed by atoms with Gasteiger partial charge >= 0.3 is 0 Å². The summed E-state index contributed by atoms with van der Waals surface area (Å²) in [4.78, 5) is 0. The first kappa shape index (κ1) is 24.3. The van der Waals surface area contributed by atoms with Crippen molar-refractivity contribution in [3.63, 3.8) is 0 Å². The summed E-state index contributed by atoms with van der Waals surface area (Å²) in [6, 6.07) is 15.6. The maximum atomic E-state index is 8.14. The zero-order valence-electron chi connectivity index (χ0n) is 17.3. The molecule has 2 heterocycles. The van der Waals surface area contributed by atoms with Crippen LogP contribution in [0, 0.1) is 10.8 Å². The standard InChI is InChI=1S/C23H24N4O2.2ClH/c1-13(2)27-23(26)17-6-4-15-10-19(29-21(15)12-17)8-7-18-9-14-3-5-16(22(24)25)11-20(14)28-18;;/h3-6,9-13H,7-8H2,1-2H3,(H3,24,25)(H2,26,27);2*1H.